The summed E-state index contributed by atoms with van der Waals surface area (Å²) < 4.78 is 43.2. The Morgan fingerprint density at radius 2 is 2.03 bits per heavy atom. The van der Waals surface area contributed by atoms with Crippen molar-refractivity contribution in [1.82, 2.24) is 15.6 Å². The van der Waals surface area contributed by atoms with E-state index in [1.54, 1.807) is 0 Å². The van der Waals surface area contributed by atoms with Gasteiger partial charge in [-0.1, -0.05) is 0 Å². The van der Waals surface area contributed by atoms with Crippen LogP contribution in [0.25, 0.3) is 0 Å². The number of hydrogen-bond donors (Lipinski definition) is 3. The second kappa shape index (κ2) is 12.6. The number of rotatable bonds is 9. The van der Waals surface area contributed by atoms with E-state index in [4.69, 9.17) is 4.74 Å². The van der Waals surface area contributed by atoms with Crippen molar-refractivity contribution in [3.8, 4) is 5.75 Å². The van der Waals surface area contributed by atoms with E-state index in [0.29, 0.717) is 18.3 Å². The standard InChI is InChI=1S/C17H20F3N5O4S.HI/c1-2-21-16(23-8-15-24-14(10-30-15)17(18,19)20)22-7-12(26)9-29-13-5-3-11(4-6-13)25(27)28;/h3-6,10,12,26H,2,7-9H2,1H3,(H2,21,22,23);1H. The average molecular weight is 575 g/mol. The normalized spacial score (nSPS) is 12.6. The number of hydrogen-bond acceptors (Lipinski definition) is 7. The average Bonchev–Trinajstić information content (AvgIpc) is 3.18. The van der Waals surface area contributed by atoms with Crippen molar-refractivity contribution in [2.24, 2.45) is 4.99 Å². The van der Waals surface area contributed by atoms with Crippen LogP contribution in [0.2, 0.25) is 0 Å². The summed E-state index contributed by atoms with van der Waals surface area (Å²) in [5.74, 6) is 0.667. The van der Waals surface area contributed by atoms with E-state index in [2.05, 4.69) is 20.6 Å². The predicted octanol–water partition coefficient (Wildman–Crippen LogP) is 3.18. The molecular weight excluding hydrogens is 554 g/mol. The summed E-state index contributed by atoms with van der Waals surface area (Å²) in [5, 5.41) is 27.6. The van der Waals surface area contributed by atoms with Crippen LogP contribution in [0.4, 0.5) is 18.9 Å². The van der Waals surface area contributed by atoms with Gasteiger partial charge in [-0.15, -0.1) is 35.3 Å². The maximum absolute atomic E-state index is 12.6. The van der Waals surface area contributed by atoms with E-state index >= 15 is 0 Å². The number of aromatic nitrogens is 1. The van der Waals surface area contributed by atoms with Gasteiger partial charge in [-0.25, -0.2) is 9.98 Å². The molecular formula is C17H21F3IN5O4S. The minimum Gasteiger partial charge on any atom is -0.491 e. The van der Waals surface area contributed by atoms with Crippen LogP contribution < -0.4 is 15.4 Å². The number of nitrogens with one attached hydrogen (secondary N) is 2. The fourth-order valence-electron chi connectivity index (χ4n) is 2.13. The molecule has 0 radical (unpaired) electrons. The zero-order chi connectivity index (χ0) is 22.1. The Kier molecular flexibility index (Phi) is 10.9. The Balaban J connectivity index is 0.00000480. The maximum Gasteiger partial charge on any atom is 0.434 e. The second-order valence-electron chi connectivity index (χ2n) is 5.92. The number of aliphatic hydroxyl groups is 1. The minimum atomic E-state index is -4.49. The molecule has 2 rings (SSSR count). The number of ether oxygens (including phenoxy) is 1. The summed E-state index contributed by atoms with van der Waals surface area (Å²) >= 11 is 0.864. The Labute approximate surface area is 196 Å². The van der Waals surface area contributed by atoms with E-state index in [1.807, 2.05) is 6.92 Å². The molecule has 0 aliphatic heterocycles. The first-order valence-corrected chi connectivity index (χ1v) is 9.66. The maximum atomic E-state index is 12.6. The molecule has 0 aliphatic carbocycles. The third-order valence-corrected chi connectivity index (χ3v) is 4.39. The molecule has 9 nitrogen and oxygen atoms in total. The highest BCUT2D eigenvalue weighted by atomic mass is 127. The molecule has 3 N–H and O–H groups in total. The topological polar surface area (TPSA) is 122 Å². The van der Waals surface area contributed by atoms with Crippen LogP contribution in [0.1, 0.15) is 17.6 Å². The summed E-state index contributed by atoms with van der Waals surface area (Å²) in [4.78, 5) is 17.8. The zero-order valence-corrected chi connectivity index (χ0v) is 19.4. The molecule has 1 heterocycles. The number of alkyl halides is 3. The molecule has 1 atom stereocenters. The molecule has 172 valence electrons. The molecule has 2 aromatic rings. The molecule has 0 amide bonds. The monoisotopic (exact) mass is 575 g/mol. The van der Waals surface area contributed by atoms with Gasteiger partial charge in [-0.05, 0) is 19.1 Å². The molecule has 0 spiro atoms. The Hall–Kier alpha value is -2.20. The van der Waals surface area contributed by atoms with Gasteiger partial charge in [-0.3, -0.25) is 10.1 Å². The van der Waals surface area contributed by atoms with E-state index in [1.165, 1.54) is 24.3 Å². The number of thiazole rings is 1. The summed E-state index contributed by atoms with van der Waals surface area (Å²) in [6.07, 6.45) is -5.42. The molecule has 1 aromatic heterocycles. The smallest absolute Gasteiger partial charge is 0.434 e. The first kappa shape index (κ1) is 26.8. The first-order chi connectivity index (χ1) is 14.2. The van der Waals surface area contributed by atoms with Crippen LogP contribution in [0.3, 0.4) is 0 Å². The largest absolute Gasteiger partial charge is 0.491 e. The van der Waals surface area contributed by atoms with Crippen molar-refractivity contribution in [3.05, 3.63) is 50.5 Å². The number of nitro benzene ring substituents is 1. The molecule has 0 bridgehead atoms. The van der Waals surface area contributed by atoms with Crippen molar-refractivity contribution >= 4 is 47.0 Å². The molecule has 31 heavy (non-hydrogen) atoms. The Morgan fingerprint density at radius 3 is 2.58 bits per heavy atom. The third-order valence-electron chi connectivity index (χ3n) is 3.55. The lowest BCUT2D eigenvalue weighted by atomic mass is 10.3. The molecule has 0 fully saturated rings. The third kappa shape index (κ3) is 9.22. The van der Waals surface area contributed by atoms with E-state index < -0.39 is 22.9 Å². The minimum absolute atomic E-state index is 0. The number of non-ortho nitro benzene ring substituents is 1. The molecule has 1 unspecified atom stereocenters. The van der Waals surface area contributed by atoms with E-state index in [-0.39, 0.29) is 54.4 Å². The van der Waals surface area contributed by atoms with Crippen molar-refractivity contribution in [3.63, 3.8) is 0 Å². The summed E-state index contributed by atoms with van der Waals surface area (Å²) in [5.41, 5.74) is -1.02. The number of aliphatic imine (C=N–C) groups is 1. The number of benzene rings is 1. The fourth-order valence-corrected chi connectivity index (χ4v) is 2.86. The highest BCUT2D eigenvalue weighted by Crippen LogP contribution is 2.30. The van der Waals surface area contributed by atoms with Crippen molar-refractivity contribution in [1.29, 1.82) is 0 Å². The Morgan fingerprint density at radius 1 is 1.35 bits per heavy atom. The van der Waals surface area contributed by atoms with Crippen LogP contribution in [-0.2, 0) is 12.7 Å². The quantitative estimate of drug-likeness (QED) is 0.138. The van der Waals surface area contributed by atoms with Crippen LogP contribution in [0, 0.1) is 10.1 Å². The zero-order valence-electron chi connectivity index (χ0n) is 16.3. The number of nitro groups is 1. The van der Waals surface area contributed by atoms with Gasteiger partial charge in [0.1, 0.15) is 23.5 Å². The van der Waals surface area contributed by atoms with Crippen molar-refractivity contribution in [2.75, 3.05) is 19.7 Å². The lowest BCUT2D eigenvalue weighted by molar-refractivity contribution is -0.384. The second-order valence-corrected chi connectivity index (χ2v) is 6.86. The number of guanidine groups is 1. The fraction of sp³-hybridized carbons (Fsp3) is 0.412. The summed E-state index contributed by atoms with van der Waals surface area (Å²) in [7, 11) is 0. The van der Waals surface area contributed by atoms with Gasteiger partial charge < -0.3 is 20.5 Å². The van der Waals surface area contributed by atoms with Gasteiger partial charge in [0, 0.05) is 30.6 Å². The molecule has 0 saturated carbocycles. The number of nitrogens with zero attached hydrogens (tertiary/aromatic N) is 3. The van der Waals surface area contributed by atoms with Gasteiger partial charge in [-0.2, -0.15) is 13.2 Å². The highest BCUT2D eigenvalue weighted by molar-refractivity contribution is 14.0. The molecule has 1 aromatic carbocycles. The summed E-state index contributed by atoms with van der Waals surface area (Å²) in [6.45, 7) is 2.25. The van der Waals surface area contributed by atoms with Crippen LogP contribution in [-0.4, -0.2) is 46.8 Å². The van der Waals surface area contributed by atoms with Gasteiger partial charge in [0.2, 0.25) is 0 Å². The van der Waals surface area contributed by atoms with Crippen LogP contribution in [0.15, 0.2) is 34.6 Å². The van der Waals surface area contributed by atoms with E-state index in [0.717, 1.165) is 16.7 Å². The lowest BCUT2D eigenvalue weighted by Crippen LogP contribution is -2.42. The molecule has 0 aliphatic rings. The van der Waals surface area contributed by atoms with Crippen LogP contribution >= 0.6 is 35.3 Å². The van der Waals surface area contributed by atoms with Gasteiger partial charge >= 0.3 is 6.18 Å². The van der Waals surface area contributed by atoms with Crippen molar-refractivity contribution < 1.29 is 27.9 Å². The summed E-state index contributed by atoms with van der Waals surface area (Å²) in [6, 6.07) is 5.43. The van der Waals surface area contributed by atoms with Gasteiger partial charge in [0.05, 0.1) is 11.5 Å². The SMILES string of the molecule is CCNC(=NCc1nc(C(F)(F)F)cs1)NCC(O)COc1ccc([N+](=O)[O-])cc1.I. The van der Waals surface area contributed by atoms with Crippen molar-refractivity contribution in [2.45, 2.75) is 25.7 Å². The number of aliphatic hydroxyl groups excluding tert-OH is 1. The molecule has 14 heteroatoms. The first-order valence-electron chi connectivity index (χ1n) is 8.78. The van der Waals surface area contributed by atoms with Crippen LogP contribution in [0.5, 0.6) is 5.75 Å². The predicted molar refractivity (Wildman–Crippen MR) is 120 cm³/mol. The van der Waals surface area contributed by atoms with Gasteiger partial charge in [0.15, 0.2) is 11.7 Å². The number of halogens is 4. The highest BCUT2D eigenvalue weighted by Gasteiger charge is 2.33. The van der Waals surface area contributed by atoms with E-state index in [9.17, 15) is 28.4 Å². The lowest BCUT2D eigenvalue weighted by Gasteiger charge is -2.15. The van der Waals surface area contributed by atoms with Gasteiger partial charge in [0.25, 0.3) is 5.69 Å². The Bertz CT molecular complexity index is 864. The molecule has 0 saturated heterocycles.